The smallest absolute Gasteiger partial charge is 0.0985 e. The number of rotatable bonds is 0. The molecular weight excluding hydrogens is 148 g/mol. The molecule has 0 saturated heterocycles. The fourth-order valence-corrected chi connectivity index (χ4v) is 2.27. The van der Waals surface area contributed by atoms with E-state index in [1.807, 2.05) is 0 Å². The van der Waals surface area contributed by atoms with Crippen LogP contribution in [-0.4, -0.2) is 5.11 Å². The highest BCUT2D eigenvalue weighted by molar-refractivity contribution is 5.30. The van der Waals surface area contributed by atoms with Gasteiger partial charge in [-0.1, -0.05) is 19.1 Å². The van der Waals surface area contributed by atoms with E-state index in [-0.39, 0.29) is 0 Å². The molecule has 0 bridgehead atoms. The van der Waals surface area contributed by atoms with Crippen molar-refractivity contribution in [1.82, 2.24) is 0 Å². The molecule has 0 aromatic carbocycles. The van der Waals surface area contributed by atoms with Crippen LogP contribution in [0.3, 0.4) is 0 Å². The van der Waals surface area contributed by atoms with Gasteiger partial charge in [-0.2, -0.15) is 0 Å². The lowest BCUT2D eigenvalue weighted by Gasteiger charge is -2.30. The van der Waals surface area contributed by atoms with E-state index in [1.165, 1.54) is 24.8 Å². The van der Waals surface area contributed by atoms with Crippen molar-refractivity contribution >= 4 is 0 Å². The second kappa shape index (κ2) is 2.96. The maximum atomic E-state index is 9.80. The summed E-state index contributed by atoms with van der Waals surface area (Å²) in [6, 6.07) is 0. The maximum Gasteiger partial charge on any atom is 0.0985 e. The molecule has 66 valence electrons. The highest BCUT2D eigenvalue weighted by Crippen LogP contribution is 2.38. The Morgan fingerprint density at radius 3 is 3.00 bits per heavy atom. The fourth-order valence-electron chi connectivity index (χ4n) is 2.27. The van der Waals surface area contributed by atoms with Gasteiger partial charge in [-0.3, -0.25) is 0 Å². The first-order valence-corrected chi connectivity index (χ1v) is 4.88. The van der Waals surface area contributed by atoms with Gasteiger partial charge in [0.15, 0.2) is 0 Å². The van der Waals surface area contributed by atoms with E-state index < -0.39 is 0 Å². The van der Waals surface area contributed by atoms with Gasteiger partial charge in [0.05, 0.1) is 5.76 Å². The lowest BCUT2D eigenvalue weighted by atomic mass is 9.77. The molecule has 0 spiro atoms. The van der Waals surface area contributed by atoms with Crippen LogP contribution in [0.4, 0.5) is 0 Å². The largest absolute Gasteiger partial charge is 0.512 e. The second-order valence-electron chi connectivity index (χ2n) is 4.00. The van der Waals surface area contributed by atoms with Crippen molar-refractivity contribution in [2.45, 2.75) is 32.6 Å². The summed E-state index contributed by atoms with van der Waals surface area (Å²) in [6.07, 6.45) is 9.16. The monoisotopic (exact) mass is 164 g/mol. The summed E-state index contributed by atoms with van der Waals surface area (Å²) in [5.74, 6) is 1.70. The molecular formula is C11H16O. The summed E-state index contributed by atoms with van der Waals surface area (Å²) < 4.78 is 0. The van der Waals surface area contributed by atoms with Gasteiger partial charge in [0.25, 0.3) is 0 Å². The molecule has 2 rings (SSSR count). The van der Waals surface area contributed by atoms with Gasteiger partial charge in [-0.05, 0) is 37.2 Å². The van der Waals surface area contributed by atoms with E-state index >= 15 is 0 Å². The Labute approximate surface area is 73.8 Å². The number of hydrogen-bond acceptors (Lipinski definition) is 1. The number of aliphatic hydroxyl groups excluding tert-OH is 1. The summed E-state index contributed by atoms with van der Waals surface area (Å²) in [5.41, 5.74) is 1.22. The predicted octanol–water partition coefficient (Wildman–Crippen LogP) is 3.19. The van der Waals surface area contributed by atoms with Gasteiger partial charge in [-0.25, -0.2) is 0 Å². The van der Waals surface area contributed by atoms with E-state index in [4.69, 9.17) is 0 Å². The fraction of sp³-hybridized carbons (Fsp3) is 0.636. The first-order valence-electron chi connectivity index (χ1n) is 4.88. The zero-order valence-electron chi connectivity index (χ0n) is 7.59. The normalized spacial score (nSPS) is 35.1. The minimum Gasteiger partial charge on any atom is -0.512 e. The topological polar surface area (TPSA) is 20.2 Å². The van der Waals surface area contributed by atoms with E-state index in [1.54, 1.807) is 0 Å². The SMILES string of the molecule is CC1CCC2CCC=CC2=C1O. The Balaban J connectivity index is 2.34. The Morgan fingerprint density at radius 2 is 2.17 bits per heavy atom. The van der Waals surface area contributed by atoms with Crippen molar-refractivity contribution in [3.05, 3.63) is 23.5 Å². The molecule has 12 heavy (non-hydrogen) atoms. The molecule has 2 aliphatic carbocycles. The van der Waals surface area contributed by atoms with Crippen molar-refractivity contribution in [1.29, 1.82) is 0 Å². The molecule has 0 saturated carbocycles. The summed E-state index contributed by atoms with van der Waals surface area (Å²) in [6.45, 7) is 2.11. The Morgan fingerprint density at radius 1 is 1.33 bits per heavy atom. The molecule has 2 unspecified atom stereocenters. The summed E-state index contributed by atoms with van der Waals surface area (Å²) in [7, 11) is 0. The number of aliphatic hydroxyl groups is 1. The van der Waals surface area contributed by atoms with Crippen LogP contribution in [0.25, 0.3) is 0 Å². The molecule has 0 heterocycles. The van der Waals surface area contributed by atoms with Crippen LogP contribution in [0.2, 0.25) is 0 Å². The van der Waals surface area contributed by atoms with Crippen LogP contribution < -0.4 is 0 Å². The van der Waals surface area contributed by atoms with Crippen LogP contribution in [0.5, 0.6) is 0 Å². The van der Waals surface area contributed by atoms with Crippen LogP contribution in [0.15, 0.2) is 23.5 Å². The van der Waals surface area contributed by atoms with E-state index in [9.17, 15) is 5.11 Å². The van der Waals surface area contributed by atoms with Gasteiger partial charge in [0.2, 0.25) is 0 Å². The van der Waals surface area contributed by atoms with Crippen molar-refractivity contribution < 1.29 is 5.11 Å². The summed E-state index contributed by atoms with van der Waals surface area (Å²) in [5, 5.41) is 9.80. The van der Waals surface area contributed by atoms with Gasteiger partial charge < -0.3 is 5.11 Å². The second-order valence-corrected chi connectivity index (χ2v) is 4.00. The maximum absolute atomic E-state index is 9.80. The Kier molecular flexibility index (Phi) is 1.95. The molecule has 0 aliphatic heterocycles. The minimum atomic E-state index is 0.388. The molecule has 1 heteroatoms. The molecule has 1 N–H and O–H groups in total. The minimum absolute atomic E-state index is 0.388. The number of allylic oxidation sites excluding steroid dienone is 4. The molecule has 2 aliphatic rings. The average Bonchev–Trinajstić information content (AvgIpc) is 2.12. The van der Waals surface area contributed by atoms with Crippen molar-refractivity contribution in [3.8, 4) is 0 Å². The third-order valence-electron chi connectivity index (χ3n) is 3.13. The van der Waals surface area contributed by atoms with Crippen LogP contribution in [-0.2, 0) is 0 Å². The molecule has 1 nitrogen and oxygen atoms in total. The van der Waals surface area contributed by atoms with E-state index in [0.717, 1.165) is 6.42 Å². The van der Waals surface area contributed by atoms with Crippen molar-refractivity contribution in [2.75, 3.05) is 0 Å². The molecule has 0 aromatic rings. The van der Waals surface area contributed by atoms with Gasteiger partial charge >= 0.3 is 0 Å². The average molecular weight is 164 g/mol. The van der Waals surface area contributed by atoms with Crippen LogP contribution in [0.1, 0.15) is 32.6 Å². The van der Waals surface area contributed by atoms with Crippen LogP contribution >= 0.6 is 0 Å². The van der Waals surface area contributed by atoms with Crippen LogP contribution in [0, 0.1) is 11.8 Å². The van der Waals surface area contributed by atoms with E-state index in [0.29, 0.717) is 17.6 Å². The number of hydrogen-bond donors (Lipinski definition) is 1. The Bertz CT molecular complexity index is 237. The first kappa shape index (κ1) is 7.90. The zero-order valence-corrected chi connectivity index (χ0v) is 7.59. The standard InChI is InChI=1S/C11H16O/c1-8-6-7-9-4-2-3-5-10(9)11(8)12/h3,5,8-9,12H,2,4,6-7H2,1H3. The zero-order chi connectivity index (χ0) is 8.55. The van der Waals surface area contributed by atoms with Gasteiger partial charge in [-0.15, -0.1) is 0 Å². The molecule has 0 aromatic heterocycles. The highest BCUT2D eigenvalue weighted by Gasteiger charge is 2.26. The predicted molar refractivity (Wildman–Crippen MR) is 49.9 cm³/mol. The van der Waals surface area contributed by atoms with Gasteiger partial charge in [0.1, 0.15) is 0 Å². The van der Waals surface area contributed by atoms with Gasteiger partial charge in [0, 0.05) is 5.92 Å². The third-order valence-corrected chi connectivity index (χ3v) is 3.13. The van der Waals surface area contributed by atoms with Crippen molar-refractivity contribution in [2.24, 2.45) is 11.8 Å². The summed E-state index contributed by atoms with van der Waals surface area (Å²) >= 11 is 0. The molecule has 0 radical (unpaired) electrons. The lowest BCUT2D eigenvalue weighted by molar-refractivity contribution is 0.276. The highest BCUT2D eigenvalue weighted by atomic mass is 16.3. The molecule has 0 fully saturated rings. The lowest BCUT2D eigenvalue weighted by Crippen LogP contribution is -2.18. The molecule has 2 atom stereocenters. The Hall–Kier alpha value is -0.720. The van der Waals surface area contributed by atoms with E-state index in [2.05, 4.69) is 19.1 Å². The summed E-state index contributed by atoms with van der Waals surface area (Å²) in [4.78, 5) is 0. The first-order chi connectivity index (χ1) is 5.79. The quantitative estimate of drug-likeness (QED) is 0.583. The molecule has 0 amide bonds. The number of fused-ring (bicyclic) bond motifs is 1. The third kappa shape index (κ3) is 1.17. The van der Waals surface area contributed by atoms with Crippen molar-refractivity contribution in [3.63, 3.8) is 0 Å².